The SMILES string of the molecule is CCCCc1ccc(S(=O)(=O)Nc2cc(-c3cccs3)nn2-c2ccc(C)cc2)cc1. The van der Waals surface area contributed by atoms with Crippen molar-refractivity contribution in [2.24, 2.45) is 0 Å². The molecule has 2 aromatic carbocycles. The summed E-state index contributed by atoms with van der Waals surface area (Å²) < 4.78 is 30.6. The van der Waals surface area contributed by atoms with E-state index in [0.717, 1.165) is 46.6 Å². The second-order valence-electron chi connectivity index (χ2n) is 7.49. The third kappa shape index (κ3) is 4.89. The molecular formula is C24H25N3O2S2. The molecule has 7 heteroatoms. The van der Waals surface area contributed by atoms with E-state index in [4.69, 9.17) is 0 Å². The summed E-state index contributed by atoms with van der Waals surface area (Å²) in [6.07, 6.45) is 3.15. The number of nitrogens with one attached hydrogen (secondary N) is 1. The van der Waals surface area contributed by atoms with Crippen molar-refractivity contribution in [1.82, 2.24) is 9.78 Å². The summed E-state index contributed by atoms with van der Waals surface area (Å²) >= 11 is 1.57. The van der Waals surface area contributed by atoms with Crippen LogP contribution in [-0.2, 0) is 16.4 Å². The molecule has 4 rings (SSSR count). The molecule has 0 aliphatic heterocycles. The Morgan fingerprint density at radius 2 is 1.77 bits per heavy atom. The molecule has 0 atom stereocenters. The largest absolute Gasteiger partial charge is 0.263 e. The predicted octanol–water partition coefficient (Wildman–Crippen LogP) is 6.05. The number of aryl methyl sites for hydroxylation is 2. The number of hydrogen-bond donors (Lipinski definition) is 1. The van der Waals surface area contributed by atoms with Gasteiger partial charge in [0.1, 0.15) is 11.5 Å². The Kier molecular flexibility index (Phi) is 6.25. The van der Waals surface area contributed by atoms with E-state index in [1.807, 2.05) is 60.8 Å². The summed E-state index contributed by atoms with van der Waals surface area (Å²) in [6, 6.07) is 20.6. The van der Waals surface area contributed by atoms with Gasteiger partial charge in [0.2, 0.25) is 0 Å². The van der Waals surface area contributed by atoms with E-state index in [-0.39, 0.29) is 4.90 Å². The van der Waals surface area contributed by atoms with Gasteiger partial charge in [-0.05, 0) is 61.0 Å². The number of aromatic nitrogens is 2. The number of anilines is 1. The Bertz CT molecular complexity index is 1240. The smallest absolute Gasteiger partial charge is 0.263 e. The molecule has 0 fully saturated rings. The molecule has 2 heterocycles. The van der Waals surface area contributed by atoms with Crippen LogP contribution in [0.5, 0.6) is 0 Å². The molecule has 0 bridgehead atoms. The molecule has 4 aromatic rings. The highest BCUT2D eigenvalue weighted by Gasteiger charge is 2.19. The van der Waals surface area contributed by atoms with Gasteiger partial charge in [-0.2, -0.15) is 5.10 Å². The summed E-state index contributed by atoms with van der Waals surface area (Å²) in [6.45, 7) is 4.15. The first-order chi connectivity index (χ1) is 15.0. The fraction of sp³-hybridized carbons (Fsp3) is 0.208. The lowest BCUT2D eigenvalue weighted by atomic mass is 10.1. The molecule has 2 aromatic heterocycles. The second kappa shape index (κ2) is 9.08. The van der Waals surface area contributed by atoms with Crippen molar-refractivity contribution in [2.75, 3.05) is 4.72 Å². The van der Waals surface area contributed by atoms with Gasteiger partial charge in [-0.15, -0.1) is 11.3 Å². The zero-order valence-electron chi connectivity index (χ0n) is 17.6. The average molecular weight is 452 g/mol. The van der Waals surface area contributed by atoms with Crippen LogP contribution < -0.4 is 4.72 Å². The van der Waals surface area contributed by atoms with Gasteiger partial charge in [-0.3, -0.25) is 4.72 Å². The van der Waals surface area contributed by atoms with Crippen LogP contribution in [0.25, 0.3) is 16.3 Å². The number of rotatable bonds is 8. The molecule has 0 saturated heterocycles. The van der Waals surface area contributed by atoms with Gasteiger partial charge < -0.3 is 0 Å². The minimum Gasteiger partial charge on any atom is -0.263 e. The van der Waals surface area contributed by atoms with Crippen molar-refractivity contribution in [3.63, 3.8) is 0 Å². The molecule has 0 aliphatic carbocycles. The minimum atomic E-state index is -3.75. The monoisotopic (exact) mass is 451 g/mol. The maximum atomic E-state index is 13.1. The van der Waals surface area contributed by atoms with Gasteiger partial charge in [-0.1, -0.05) is 49.2 Å². The van der Waals surface area contributed by atoms with Crippen LogP contribution >= 0.6 is 11.3 Å². The molecule has 0 saturated carbocycles. The Hall–Kier alpha value is -2.90. The number of sulfonamides is 1. The van der Waals surface area contributed by atoms with E-state index in [9.17, 15) is 8.42 Å². The van der Waals surface area contributed by atoms with E-state index >= 15 is 0 Å². The molecule has 0 spiro atoms. The molecular weight excluding hydrogens is 426 g/mol. The van der Waals surface area contributed by atoms with Crippen molar-refractivity contribution >= 4 is 27.2 Å². The lowest BCUT2D eigenvalue weighted by molar-refractivity contribution is 0.600. The summed E-state index contributed by atoms with van der Waals surface area (Å²) in [5.74, 6) is 0.405. The van der Waals surface area contributed by atoms with Gasteiger partial charge in [0.25, 0.3) is 10.0 Å². The van der Waals surface area contributed by atoms with Crippen molar-refractivity contribution in [2.45, 2.75) is 38.0 Å². The number of benzene rings is 2. The standard InChI is InChI=1S/C24H25N3O2S2/c1-3-4-6-19-10-14-21(15-11-19)31(28,29)26-24-17-22(23-7-5-16-30-23)25-27(24)20-12-8-18(2)9-13-20/h5,7-17,26H,3-4,6H2,1-2H3. The fourth-order valence-corrected chi connectivity index (χ4v) is 5.01. The lowest BCUT2D eigenvalue weighted by Gasteiger charge is -2.11. The van der Waals surface area contributed by atoms with E-state index in [2.05, 4.69) is 16.7 Å². The van der Waals surface area contributed by atoms with Crippen LogP contribution in [0.2, 0.25) is 0 Å². The van der Waals surface area contributed by atoms with Gasteiger partial charge in [0.05, 0.1) is 15.5 Å². The predicted molar refractivity (Wildman–Crippen MR) is 127 cm³/mol. The summed E-state index contributed by atoms with van der Waals surface area (Å²) in [7, 11) is -3.75. The molecule has 0 aliphatic rings. The van der Waals surface area contributed by atoms with Crippen LogP contribution in [0.15, 0.2) is 77.0 Å². The molecule has 0 radical (unpaired) electrons. The van der Waals surface area contributed by atoms with Crippen molar-refractivity contribution < 1.29 is 8.42 Å². The van der Waals surface area contributed by atoms with Crippen LogP contribution in [-0.4, -0.2) is 18.2 Å². The Balaban J connectivity index is 1.68. The highest BCUT2D eigenvalue weighted by atomic mass is 32.2. The molecule has 1 N–H and O–H groups in total. The third-order valence-electron chi connectivity index (χ3n) is 5.05. The van der Waals surface area contributed by atoms with Crippen molar-refractivity contribution in [3.8, 4) is 16.3 Å². The maximum absolute atomic E-state index is 13.1. The van der Waals surface area contributed by atoms with E-state index in [1.54, 1.807) is 34.2 Å². The van der Waals surface area contributed by atoms with E-state index in [0.29, 0.717) is 5.82 Å². The highest BCUT2D eigenvalue weighted by molar-refractivity contribution is 7.92. The number of unbranched alkanes of at least 4 members (excludes halogenated alkanes) is 1. The highest BCUT2D eigenvalue weighted by Crippen LogP contribution is 2.29. The summed E-state index contributed by atoms with van der Waals surface area (Å²) in [5.41, 5.74) is 3.79. The van der Waals surface area contributed by atoms with Crippen LogP contribution in [0, 0.1) is 6.92 Å². The van der Waals surface area contributed by atoms with Crippen molar-refractivity contribution in [1.29, 1.82) is 0 Å². The zero-order valence-corrected chi connectivity index (χ0v) is 19.2. The number of hydrogen-bond acceptors (Lipinski definition) is 4. The second-order valence-corrected chi connectivity index (χ2v) is 10.1. The topological polar surface area (TPSA) is 64.0 Å². The quantitative estimate of drug-likeness (QED) is 0.354. The van der Waals surface area contributed by atoms with Gasteiger partial charge >= 0.3 is 0 Å². The first-order valence-corrected chi connectivity index (χ1v) is 12.7. The van der Waals surface area contributed by atoms with Crippen molar-refractivity contribution in [3.05, 3.63) is 83.2 Å². The zero-order chi connectivity index (χ0) is 21.8. The van der Waals surface area contributed by atoms with Crippen LogP contribution in [0.1, 0.15) is 30.9 Å². The molecule has 31 heavy (non-hydrogen) atoms. The Morgan fingerprint density at radius 1 is 1.03 bits per heavy atom. The number of thiophene rings is 1. The number of nitrogens with zero attached hydrogens (tertiary/aromatic N) is 2. The maximum Gasteiger partial charge on any atom is 0.263 e. The molecule has 0 amide bonds. The van der Waals surface area contributed by atoms with Gasteiger partial charge in [0, 0.05) is 6.07 Å². The first-order valence-electron chi connectivity index (χ1n) is 10.3. The van der Waals surface area contributed by atoms with Crippen LogP contribution in [0.4, 0.5) is 5.82 Å². The minimum absolute atomic E-state index is 0.238. The van der Waals surface area contributed by atoms with Gasteiger partial charge in [-0.25, -0.2) is 13.1 Å². The summed E-state index contributed by atoms with van der Waals surface area (Å²) in [5, 5.41) is 6.65. The van der Waals surface area contributed by atoms with Crippen LogP contribution in [0.3, 0.4) is 0 Å². The van der Waals surface area contributed by atoms with Gasteiger partial charge in [0.15, 0.2) is 0 Å². The third-order valence-corrected chi connectivity index (χ3v) is 7.32. The molecule has 160 valence electrons. The Labute approximate surface area is 187 Å². The fourth-order valence-electron chi connectivity index (χ4n) is 3.29. The average Bonchev–Trinajstić information content (AvgIpc) is 3.43. The summed E-state index contributed by atoms with van der Waals surface area (Å²) in [4.78, 5) is 1.22. The van der Waals surface area contributed by atoms with E-state index in [1.165, 1.54) is 0 Å². The first kappa shape index (κ1) is 21.3. The lowest BCUT2D eigenvalue weighted by Crippen LogP contribution is -2.16. The van der Waals surface area contributed by atoms with E-state index < -0.39 is 10.0 Å². The molecule has 5 nitrogen and oxygen atoms in total. The normalized spacial score (nSPS) is 11.5. The molecule has 0 unspecified atom stereocenters. The Morgan fingerprint density at radius 3 is 2.42 bits per heavy atom.